The maximum Gasteiger partial charge on any atom is 0.221 e. The third-order valence-corrected chi connectivity index (χ3v) is 4.33. The van der Waals surface area contributed by atoms with E-state index < -0.39 is 0 Å². The highest BCUT2D eigenvalue weighted by Crippen LogP contribution is 2.44. The van der Waals surface area contributed by atoms with Crippen LogP contribution in [0.2, 0.25) is 0 Å². The molecule has 1 aliphatic rings. The van der Waals surface area contributed by atoms with Crippen LogP contribution in [-0.4, -0.2) is 5.91 Å². The molecule has 0 bridgehead atoms. The Balaban J connectivity index is 1.71. The summed E-state index contributed by atoms with van der Waals surface area (Å²) < 4.78 is 0. The molecule has 24 heavy (non-hydrogen) atoms. The normalized spacial score (nSPS) is 12.4. The number of nitrogens with one attached hydrogen (secondary N) is 2. The smallest absolute Gasteiger partial charge is 0.221 e. The van der Waals surface area contributed by atoms with Crippen LogP contribution in [0.25, 0.3) is 11.1 Å². The molecular formula is C21H18N2O. The summed E-state index contributed by atoms with van der Waals surface area (Å²) in [6.07, 6.45) is 0. The van der Waals surface area contributed by atoms with Gasteiger partial charge in [-0.05, 0) is 40.5 Å². The van der Waals surface area contributed by atoms with Crippen molar-refractivity contribution in [1.29, 1.82) is 0 Å². The second-order valence-electron chi connectivity index (χ2n) is 6.01. The number of hydrogen-bond acceptors (Lipinski definition) is 2. The Morgan fingerprint density at radius 3 is 2.00 bits per heavy atom. The lowest BCUT2D eigenvalue weighted by molar-refractivity contribution is -0.114. The standard InChI is InChI=1S/C21H18N2O/c1-14(24)22-15-7-6-8-16(13-15)23-21-19-11-4-2-9-17(19)18-10-3-5-12-20(18)21/h2-13,21,23H,1H3,(H,22,24). The molecule has 0 saturated carbocycles. The van der Waals surface area contributed by atoms with Crippen molar-refractivity contribution in [2.24, 2.45) is 0 Å². The lowest BCUT2D eigenvalue weighted by Gasteiger charge is -2.18. The summed E-state index contributed by atoms with van der Waals surface area (Å²) in [4.78, 5) is 11.3. The zero-order valence-corrected chi connectivity index (χ0v) is 13.4. The van der Waals surface area contributed by atoms with Gasteiger partial charge in [-0.15, -0.1) is 0 Å². The second-order valence-corrected chi connectivity index (χ2v) is 6.01. The lowest BCUT2D eigenvalue weighted by atomic mass is 10.0. The van der Waals surface area contributed by atoms with Gasteiger partial charge < -0.3 is 10.6 Å². The van der Waals surface area contributed by atoms with E-state index in [4.69, 9.17) is 0 Å². The molecule has 3 heteroatoms. The van der Waals surface area contributed by atoms with Gasteiger partial charge in [0.25, 0.3) is 0 Å². The molecule has 0 aromatic heterocycles. The van der Waals surface area contributed by atoms with Gasteiger partial charge in [0.1, 0.15) is 0 Å². The molecule has 1 aliphatic carbocycles. The number of carbonyl (C=O) groups is 1. The molecule has 3 aromatic carbocycles. The number of benzene rings is 3. The van der Waals surface area contributed by atoms with Crippen molar-refractivity contribution in [3.63, 3.8) is 0 Å². The largest absolute Gasteiger partial charge is 0.374 e. The molecular weight excluding hydrogens is 296 g/mol. The molecule has 4 rings (SSSR count). The maximum atomic E-state index is 11.3. The van der Waals surface area contributed by atoms with Gasteiger partial charge in [0.2, 0.25) is 5.91 Å². The quantitative estimate of drug-likeness (QED) is 0.727. The van der Waals surface area contributed by atoms with E-state index in [1.807, 2.05) is 24.3 Å². The van der Waals surface area contributed by atoms with Crippen molar-refractivity contribution in [2.75, 3.05) is 10.6 Å². The Morgan fingerprint density at radius 1 is 0.792 bits per heavy atom. The topological polar surface area (TPSA) is 41.1 Å². The summed E-state index contributed by atoms with van der Waals surface area (Å²) in [5, 5.41) is 6.45. The Bertz CT molecular complexity index is 871. The van der Waals surface area contributed by atoms with Crippen LogP contribution in [0, 0.1) is 0 Å². The fourth-order valence-corrected chi connectivity index (χ4v) is 3.37. The summed E-state index contributed by atoms with van der Waals surface area (Å²) in [6, 6.07) is 24.9. The Hall–Kier alpha value is -3.07. The van der Waals surface area contributed by atoms with Crippen LogP contribution in [0.1, 0.15) is 24.1 Å². The van der Waals surface area contributed by atoms with Crippen LogP contribution in [0.15, 0.2) is 72.8 Å². The van der Waals surface area contributed by atoms with Crippen molar-refractivity contribution in [3.05, 3.63) is 83.9 Å². The number of carbonyl (C=O) groups excluding carboxylic acids is 1. The van der Waals surface area contributed by atoms with Crippen LogP contribution in [0.5, 0.6) is 0 Å². The minimum Gasteiger partial charge on any atom is -0.374 e. The predicted octanol–water partition coefficient (Wildman–Crippen LogP) is 4.83. The minimum absolute atomic E-state index is 0.0660. The average Bonchev–Trinajstić information content (AvgIpc) is 2.89. The Morgan fingerprint density at radius 2 is 1.38 bits per heavy atom. The Labute approximate surface area is 141 Å². The first-order valence-electron chi connectivity index (χ1n) is 8.05. The molecule has 0 saturated heterocycles. The number of amides is 1. The number of anilines is 2. The van der Waals surface area contributed by atoms with Gasteiger partial charge in [-0.1, -0.05) is 54.6 Å². The molecule has 2 N–H and O–H groups in total. The average molecular weight is 314 g/mol. The SMILES string of the molecule is CC(=O)Nc1cccc(NC2c3ccccc3-c3ccccc32)c1. The highest BCUT2D eigenvalue weighted by atomic mass is 16.1. The van der Waals surface area contributed by atoms with E-state index in [-0.39, 0.29) is 11.9 Å². The summed E-state index contributed by atoms with van der Waals surface area (Å²) in [7, 11) is 0. The fourth-order valence-electron chi connectivity index (χ4n) is 3.37. The molecule has 0 radical (unpaired) electrons. The highest BCUT2D eigenvalue weighted by Gasteiger charge is 2.27. The second kappa shape index (κ2) is 5.85. The molecule has 1 amide bonds. The molecule has 0 aliphatic heterocycles. The predicted molar refractivity (Wildman–Crippen MR) is 98.1 cm³/mol. The van der Waals surface area contributed by atoms with Crippen LogP contribution in [0.4, 0.5) is 11.4 Å². The van der Waals surface area contributed by atoms with Crippen molar-refractivity contribution in [1.82, 2.24) is 0 Å². The van der Waals surface area contributed by atoms with E-state index in [9.17, 15) is 4.79 Å². The molecule has 0 heterocycles. The van der Waals surface area contributed by atoms with Gasteiger partial charge >= 0.3 is 0 Å². The molecule has 3 nitrogen and oxygen atoms in total. The van der Waals surface area contributed by atoms with Crippen LogP contribution >= 0.6 is 0 Å². The van der Waals surface area contributed by atoms with Crippen molar-refractivity contribution in [2.45, 2.75) is 13.0 Å². The first-order valence-corrected chi connectivity index (χ1v) is 8.05. The van der Waals surface area contributed by atoms with E-state index in [0.717, 1.165) is 11.4 Å². The van der Waals surface area contributed by atoms with E-state index in [1.54, 1.807) is 0 Å². The number of fused-ring (bicyclic) bond motifs is 3. The fraction of sp³-hybridized carbons (Fsp3) is 0.0952. The van der Waals surface area contributed by atoms with Gasteiger partial charge in [-0.3, -0.25) is 4.79 Å². The highest BCUT2D eigenvalue weighted by molar-refractivity contribution is 5.89. The van der Waals surface area contributed by atoms with Gasteiger partial charge in [0.15, 0.2) is 0 Å². The zero-order chi connectivity index (χ0) is 16.5. The third kappa shape index (κ3) is 2.54. The molecule has 3 aromatic rings. The summed E-state index contributed by atoms with van der Waals surface area (Å²) in [5.74, 6) is -0.0660. The number of rotatable bonds is 3. The summed E-state index contributed by atoms with van der Waals surface area (Å²) in [6.45, 7) is 1.52. The summed E-state index contributed by atoms with van der Waals surface area (Å²) in [5.41, 5.74) is 6.91. The molecule has 0 spiro atoms. The van der Waals surface area contributed by atoms with E-state index in [2.05, 4.69) is 59.2 Å². The molecule has 118 valence electrons. The first-order chi connectivity index (χ1) is 11.7. The molecule has 0 unspecified atom stereocenters. The maximum absolute atomic E-state index is 11.3. The van der Waals surface area contributed by atoms with Crippen molar-refractivity contribution in [3.8, 4) is 11.1 Å². The monoisotopic (exact) mass is 314 g/mol. The van der Waals surface area contributed by atoms with Crippen LogP contribution in [-0.2, 0) is 4.79 Å². The van der Waals surface area contributed by atoms with Crippen LogP contribution < -0.4 is 10.6 Å². The minimum atomic E-state index is -0.0660. The zero-order valence-electron chi connectivity index (χ0n) is 13.4. The van der Waals surface area contributed by atoms with E-state index in [1.165, 1.54) is 29.2 Å². The van der Waals surface area contributed by atoms with Crippen molar-refractivity contribution < 1.29 is 4.79 Å². The number of hydrogen-bond donors (Lipinski definition) is 2. The van der Waals surface area contributed by atoms with Gasteiger partial charge in [-0.2, -0.15) is 0 Å². The Kier molecular flexibility index (Phi) is 3.54. The van der Waals surface area contributed by atoms with Crippen LogP contribution in [0.3, 0.4) is 0 Å². The van der Waals surface area contributed by atoms with Crippen molar-refractivity contribution >= 4 is 17.3 Å². The van der Waals surface area contributed by atoms with Gasteiger partial charge in [0, 0.05) is 18.3 Å². The summed E-state index contributed by atoms with van der Waals surface area (Å²) >= 11 is 0. The third-order valence-electron chi connectivity index (χ3n) is 4.33. The first kappa shape index (κ1) is 14.5. The molecule has 0 fully saturated rings. The van der Waals surface area contributed by atoms with E-state index >= 15 is 0 Å². The molecule has 0 atom stereocenters. The van der Waals surface area contributed by atoms with Gasteiger partial charge in [-0.25, -0.2) is 0 Å². The lowest BCUT2D eigenvalue weighted by Crippen LogP contribution is -2.10. The van der Waals surface area contributed by atoms with E-state index in [0.29, 0.717) is 0 Å². The van der Waals surface area contributed by atoms with Gasteiger partial charge in [0.05, 0.1) is 6.04 Å².